The summed E-state index contributed by atoms with van der Waals surface area (Å²) in [6.45, 7) is 10.5. The lowest BCUT2D eigenvalue weighted by atomic mass is 9.86. The van der Waals surface area contributed by atoms with E-state index in [1.54, 1.807) is 13.0 Å². The zero-order chi connectivity index (χ0) is 14.8. The van der Waals surface area contributed by atoms with Gasteiger partial charge < -0.3 is 10.0 Å². The molecule has 0 radical (unpaired) electrons. The Balaban J connectivity index is 3.27. The van der Waals surface area contributed by atoms with Crippen LogP contribution in [0.5, 0.6) is 0 Å². The van der Waals surface area contributed by atoms with Crippen LogP contribution in [0.3, 0.4) is 0 Å². The molecule has 0 aliphatic heterocycles. The molecule has 2 unspecified atom stereocenters. The van der Waals surface area contributed by atoms with E-state index in [0.717, 1.165) is 11.3 Å². The number of aliphatic hydroxyl groups is 1. The highest BCUT2D eigenvalue weighted by molar-refractivity contribution is 5.58. The molecule has 19 heavy (non-hydrogen) atoms. The van der Waals surface area contributed by atoms with Crippen LogP contribution in [0, 0.1) is 16.7 Å². The summed E-state index contributed by atoms with van der Waals surface area (Å²) in [6, 6.07) is 7.89. The smallest absolute Gasteiger partial charge is 0.0992 e. The van der Waals surface area contributed by atoms with E-state index in [1.807, 2.05) is 19.2 Å². The topological polar surface area (TPSA) is 47.3 Å². The predicted octanol–water partition coefficient (Wildman–Crippen LogP) is 3.48. The largest absolute Gasteiger partial charge is 0.389 e. The molecule has 0 amide bonds. The molecule has 2 atom stereocenters. The van der Waals surface area contributed by atoms with E-state index in [9.17, 15) is 5.11 Å². The van der Waals surface area contributed by atoms with Crippen molar-refractivity contribution in [3.8, 4) is 6.07 Å². The summed E-state index contributed by atoms with van der Waals surface area (Å²) in [5, 5.41) is 18.9. The monoisotopic (exact) mass is 260 g/mol. The van der Waals surface area contributed by atoms with Crippen molar-refractivity contribution < 1.29 is 5.11 Å². The third-order valence-corrected chi connectivity index (χ3v) is 3.82. The minimum atomic E-state index is -0.544. The first-order valence-corrected chi connectivity index (χ1v) is 6.63. The van der Waals surface area contributed by atoms with Gasteiger partial charge in [0.1, 0.15) is 0 Å². The third-order valence-electron chi connectivity index (χ3n) is 3.82. The second-order valence-electron chi connectivity index (χ2n) is 6.21. The van der Waals surface area contributed by atoms with Gasteiger partial charge in [0.25, 0.3) is 0 Å². The molecule has 0 fully saturated rings. The summed E-state index contributed by atoms with van der Waals surface area (Å²) >= 11 is 0. The molecule has 104 valence electrons. The minimum Gasteiger partial charge on any atom is -0.389 e. The molecule has 1 rings (SSSR count). The van der Waals surface area contributed by atoms with Crippen molar-refractivity contribution in [2.24, 2.45) is 5.41 Å². The summed E-state index contributed by atoms with van der Waals surface area (Å²) in [5.74, 6) is 0. The van der Waals surface area contributed by atoms with Gasteiger partial charge >= 0.3 is 0 Å². The Morgan fingerprint density at radius 2 is 1.84 bits per heavy atom. The van der Waals surface area contributed by atoms with Gasteiger partial charge in [-0.1, -0.05) is 26.8 Å². The van der Waals surface area contributed by atoms with Gasteiger partial charge in [-0.2, -0.15) is 5.26 Å². The maximum Gasteiger partial charge on any atom is 0.0992 e. The summed E-state index contributed by atoms with van der Waals surface area (Å²) < 4.78 is 0. The maximum absolute atomic E-state index is 9.89. The van der Waals surface area contributed by atoms with Crippen molar-refractivity contribution in [2.75, 3.05) is 11.9 Å². The number of benzene rings is 1. The summed E-state index contributed by atoms with van der Waals surface area (Å²) in [5.41, 5.74) is 2.52. The lowest BCUT2D eigenvalue weighted by molar-refractivity contribution is 0.199. The van der Waals surface area contributed by atoms with Crippen molar-refractivity contribution >= 4 is 5.69 Å². The molecule has 0 saturated carbocycles. The molecule has 0 heterocycles. The van der Waals surface area contributed by atoms with Gasteiger partial charge in [-0.25, -0.2) is 0 Å². The Morgan fingerprint density at radius 3 is 2.26 bits per heavy atom. The molecule has 0 aliphatic carbocycles. The average Bonchev–Trinajstić information content (AvgIpc) is 2.34. The van der Waals surface area contributed by atoms with E-state index in [4.69, 9.17) is 5.26 Å². The molecule has 0 saturated heterocycles. The molecule has 3 heteroatoms. The third kappa shape index (κ3) is 3.48. The van der Waals surface area contributed by atoms with Gasteiger partial charge in [-0.05, 0) is 31.4 Å². The number of nitrogens with zero attached hydrogens (tertiary/aromatic N) is 2. The molecule has 0 aliphatic rings. The van der Waals surface area contributed by atoms with Gasteiger partial charge in [0, 0.05) is 24.3 Å². The number of aliphatic hydroxyl groups excluding tert-OH is 1. The van der Waals surface area contributed by atoms with E-state index >= 15 is 0 Å². The van der Waals surface area contributed by atoms with Crippen LogP contribution in [0.2, 0.25) is 0 Å². The number of rotatable bonds is 3. The summed E-state index contributed by atoms with van der Waals surface area (Å²) in [7, 11) is 2.01. The zero-order valence-electron chi connectivity index (χ0n) is 12.7. The first-order valence-electron chi connectivity index (χ1n) is 6.63. The molecular weight excluding hydrogens is 236 g/mol. The number of hydrogen-bond donors (Lipinski definition) is 1. The van der Waals surface area contributed by atoms with Crippen LogP contribution in [0.15, 0.2) is 18.2 Å². The van der Waals surface area contributed by atoms with Crippen LogP contribution in [0.1, 0.15) is 51.8 Å². The van der Waals surface area contributed by atoms with E-state index in [0.29, 0.717) is 11.6 Å². The van der Waals surface area contributed by atoms with Gasteiger partial charge in [-0.3, -0.25) is 0 Å². The standard InChI is InChI=1S/C16H24N2O/c1-11(19)14-8-7-13(10-17)9-15(14)18(6)12(2)16(3,4)5/h7-9,11-12,19H,1-6H3. The first-order chi connectivity index (χ1) is 8.68. The number of anilines is 1. The Bertz CT molecular complexity index is 481. The Labute approximate surface area is 116 Å². The lowest BCUT2D eigenvalue weighted by Crippen LogP contribution is -2.40. The first kappa shape index (κ1) is 15.5. The fourth-order valence-electron chi connectivity index (χ4n) is 2.06. The molecule has 1 aromatic rings. The van der Waals surface area contributed by atoms with Crippen LogP contribution < -0.4 is 4.90 Å². The van der Waals surface area contributed by atoms with Crippen molar-refractivity contribution in [3.05, 3.63) is 29.3 Å². The highest BCUT2D eigenvalue weighted by atomic mass is 16.3. The molecule has 3 nitrogen and oxygen atoms in total. The fourth-order valence-corrected chi connectivity index (χ4v) is 2.06. The van der Waals surface area contributed by atoms with E-state index in [-0.39, 0.29) is 5.41 Å². The Hall–Kier alpha value is -1.53. The van der Waals surface area contributed by atoms with Crippen molar-refractivity contribution in [3.63, 3.8) is 0 Å². The summed E-state index contributed by atoms with van der Waals surface area (Å²) in [4.78, 5) is 2.14. The SMILES string of the molecule is CC(O)c1ccc(C#N)cc1N(C)C(C)C(C)(C)C. The van der Waals surface area contributed by atoms with Gasteiger partial charge in [0.05, 0.1) is 17.7 Å². The minimum absolute atomic E-state index is 0.118. The number of nitriles is 1. The molecular formula is C16H24N2O. The van der Waals surface area contributed by atoms with Crippen LogP contribution >= 0.6 is 0 Å². The normalized spacial score (nSPS) is 14.6. The van der Waals surface area contributed by atoms with E-state index < -0.39 is 6.10 Å². The average molecular weight is 260 g/mol. The molecule has 0 aromatic heterocycles. The molecule has 0 bridgehead atoms. The van der Waals surface area contributed by atoms with Gasteiger partial charge in [0.15, 0.2) is 0 Å². The maximum atomic E-state index is 9.89. The second-order valence-corrected chi connectivity index (χ2v) is 6.21. The molecule has 1 N–H and O–H groups in total. The predicted molar refractivity (Wildman–Crippen MR) is 79.1 cm³/mol. The van der Waals surface area contributed by atoms with Crippen LogP contribution in [0.25, 0.3) is 0 Å². The quantitative estimate of drug-likeness (QED) is 0.905. The highest BCUT2D eigenvalue weighted by Crippen LogP contribution is 2.32. The number of hydrogen-bond acceptors (Lipinski definition) is 3. The van der Waals surface area contributed by atoms with E-state index in [1.165, 1.54) is 0 Å². The highest BCUT2D eigenvalue weighted by Gasteiger charge is 2.26. The lowest BCUT2D eigenvalue weighted by Gasteiger charge is -2.38. The summed E-state index contributed by atoms with van der Waals surface area (Å²) in [6.07, 6.45) is -0.544. The second kappa shape index (κ2) is 5.63. The van der Waals surface area contributed by atoms with Gasteiger partial charge in [0.2, 0.25) is 0 Å². The van der Waals surface area contributed by atoms with Crippen LogP contribution in [0.4, 0.5) is 5.69 Å². The Kier molecular flexibility index (Phi) is 4.60. The molecule has 1 aromatic carbocycles. The van der Waals surface area contributed by atoms with Crippen molar-refractivity contribution in [1.82, 2.24) is 0 Å². The van der Waals surface area contributed by atoms with Crippen molar-refractivity contribution in [1.29, 1.82) is 5.26 Å². The van der Waals surface area contributed by atoms with Crippen LogP contribution in [-0.2, 0) is 0 Å². The Morgan fingerprint density at radius 1 is 1.26 bits per heavy atom. The molecule has 0 spiro atoms. The van der Waals surface area contributed by atoms with Crippen molar-refractivity contribution in [2.45, 2.75) is 46.8 Å². The van der Waals surface area contributed by atoms with Crippen LogP contribution in [-0.4, -0.2) is 18.2 Å². The fraction of sp³-hybridized carbons (Fsp3) is 0.562. The van der Waals surface area contributed by atoms with E-state index in [2.05, 4.69) is 38.7 Å². The zero-order valence-corrected chi connectivity index (χ0v) is 12.7. The van der Waals surface area contributed by atoms with Gasteiger partial charge in [-0.15, -0.1) is 0 Å².